The first-order chi connectivity index (χ1) is 12.3. The number of carbonyl (C=O) groups is 1. The van der Waals surface area contributed by atoms with Gasteiger partial charge in [-0.2, -0.15) is 0 Å². The summed E-state index contributed by atoms with van der Waals surface area (Å²) in [6.45, 7) is 8.25. The Hall–Kier alpha value is -2.40. The van der Waals surface area contributed by atoms with E-state index >= 15 is 0 Å². The average Bonchev–Trinajstić information content (AvgIpc) is 2.58. The molecule has 2 N–H and O–H groups in total. The van der Waals surface area contributed by atoms with E-state index in [4.69, 9.17) is 0 Å². The lowest BCUT2D eigenvalue weighted by atomic mass is 9.86. The summed E-state index contributed by atoms with van der Waals surface area (Å²) in [6, 6.07) is 11.5. The zero-order valence-corrected chi connectivity index (χ0v) is 16.5. The summed E-state index contributed by atoms with van der Waals surface area (Å²) in [7, 11) is 4.11. The smallest absolute Gasteiger partial charge is 0.255 e. The molecule has 1 aromatic heterocycles. The number of nitrogens with zero attached hydrogens (tertiary/aromatic N) is 2. The Morgan fingerprint density at radius 1 is 1.15 bits per heavy atom. The van der Waals surface area contributed by atoms with Gasteiger partial charge in [-0.25, -0.2) is 4.98 Å². The minimum atomic E-state index is -0.125. The maximum atomic E-state index is 12.7. The molecule has 5 heteroatoms. The highest BCUT2D eigenvalue weighted by Crippen LogP contribution is 2.29. The van der Waals surface area contributed by atoms with Crippen LogP contribution in [0.5, 0.6) is 0 Å². The van der Waals surface area contributed by atoms with Crippen LogP contribution in [0.15, 0.2) is 42.6 Å². The molecule has 0 saturated heterocycles. The molecule has 2 rings (SSSR count). The van der Waals surface area contributed by atoms with E-state index in [9.17, 15) is 4.79 Å². The fourth-order valence-electron chi connectivity index (χ4n) is 2.72. The number of pyridine rings is 1. The number of para-hydroxylation sites is 1. The minimum absolute atomic E-state index is 0.0404. The number of rotatable bonds is 7. The van der Waals surface area contributed by atoms with Crippen LogP contribution >= 0.6 is 0 Å². The molecule has 0 saturated carbocycles. The van der Waals surface area contributed by atoms with Crippen molar-refractivity contribution in [2.45, 2.75) is 32.6 Å². The van der Waals surface area contributed by atoms with Gasteiger partial charge in [0, 0.05) is 24.0 Å². The Bertz CT molecular complexity index is 735. The number of aromatic nitrogens is 1. The molecule has 0 fully saturated rings. The van der Waals surface area contributed by atoms with Crippen molar-refractivity contribution in [1.29, 1.82) is 0 Å². The quantitative estimate of drug-likeness (QED) is 0.738. The summed E-state index contributed by atoms with van der Waals surface area (Å²) in [5.41, 5.74) is 2.52. The number of benzene rings is 1. The first-order valence-electron chi connectivity index (χ1n) is 9.03. The second-order valence-electron chi connectivity index (χ2n) is 7.76. The van der Waals surface area contributed by atoms with Gasteiger partial charge in [-0.3, -0.25) is 4.79 Å². The van der Waals surface area contributed by atoms with Crippen LogP contribution in [0.4, 0.5) is 11.5 Å². The highest BCUT2D eigenvalue weighted by atomic mass is 16.1. The van der Waals surface area contributed by atoms with Gasteiger partial charge in [0.15, 0.2) is 0 Å². The van der Waals surface area contributed by atoms with Crippen LogP contribution in [0.3, 0.4) is 0 Å². The van der Waals surface area contributed by atoms with Gasteiger partial charge in [-0.05, 0) is 56.2 Å². The second kappa shape index (κ2) is 8.81. The molecule has 1 amide bonds. The van der Waals surface area contributed by atoms with Gasteiger partial charge in [0.2, 0.25) is 0 Å². The Morgan fingerprint density at radius 3 is 2.58 bits per heavy atom. The molecule has 1 aromatic carbocycles. The second-order valence-corrected chi connectivity index (χ2v) is 7.76. The average molecular weight is 354 g/mol. The summed E-state index contributed by atoms with van der Waals surface area (Å²) < 4.78 is 0. The Morgan fingerprint density at radius 2 is 1.88 bits per heavy atom. The van der Waals surface area contributed by atoms with E-state index in [1.165, 1.54) is 0 Å². The third-order valence-electron chi connectivity index (χ3n) is 4.09. The highest BCUT2D eigenvalue weighted by Gasteiger charge is 2.19. The molecule has 140 valence electrons. The van der Waals surface area contributed by atoms with Crippen LogP contribution in [-0.2, 0) is 5.41 Å². The largest absolute Gasteiger partial charge is 0.370 e. The van der Waals surface area contributed by atoms with Crippen molar-refractivity contribution in [2.24, 2.45) is 0 Å². The van der Waals surface area contributed by atoms with Gasteiger partial charge in [0.25, 0.3) is 5.91 Å². The molecular weight excluding hydrogens is 324 g/mol. The normalized spacial score (nSPS) is 11.5. The Kier molecular flexibility index (Phi) is 6.75. The zero-order valence-electron chi connectivity index (χ0n) is 16.5. The molecule has 0 aliphatic carbocycles. The molecule has 0 unspecified atom stereocenters. The molecule has 0 bridgehead atoms. The van der Waals surface area contributed by atoms with Crippen molar-refractivity contribution >= 4 is 17.4 Å². The molecule has 0 aliphatic rings. The monoisotopic (exact) mass is 354 g/mol. The van der Waals surface area contributed by atoms with Crippen molar-refractivity contribution in [2.75, 3.05) is 37.8 Å². The standard InChI is InChI=1S/C21H30N4O/c1-21(2,3)17-9-6-7-10-18(17)24-20(26)16-11-13-23-19(15-16)22-12-8-14-25(4)5/h6-7,9-11,13,15H,8,12,14H2,1-5H3,(H,22,23)(H,24,26). The first kappa shape index (κ1) is 19.9. The van der Waals surface area contributed by atoms with E-state index < -0.39 is 0 Å². The first-order valence-corrected chi connectivity index (χ1v) is 9.03. The predicted octanol–water partition coefficient (Wildman–Crippen LogP) is 4.00. The van der Waals surface area contributed by atoms with Crippen molar-refractivity contribution in [3.8, 4) is 0 Å². The number of anilines is 2. The fraction of sp³-hybridized carbons (Fsp3) is 0.429. The Labute approximate surface area is 156 Å². The van der Waals surface area contributed by atoms with Crippen molar-refractivity contribution in [3.05, 3.63) is 53.7 Å². The summed E-state index contributed by atoms with van der Waals surface area (Å²) in [6.07, 6.45) is 2.68. The van der Waals surface area contributed by atoms with Crippen LogP contribution in [-0.4, -0.2) is 43.0 Å². The lowest BCUT2D eigenvalue weighted by Gasteiger charge is -2.23. The van der Waals surface area contributed by atoms with Gasteiger partial charge < -0.3 is 15.5 Å². The third-order valence-corrected chi connectivity index (χ3v) is 4.09. The van der Waals surface area contributed by atoms with Crippen molar-refractivity contribution in [1.82, 2.24) is 9.88 Å². The molecule has 26 heavy (non-hydrogen) atoms. The molecule has 0 spiro atoms. The van der Waals surface area contributed by atoms with Crippen LogP contribution in [0, 0.1) is 0 Å². The molecule has 2 aromatic rings. The van der Waals surface area contributed by atoms with Crippen LogP contribution in [0.2, 0.25) is 0 Å². The summed E-state index contributed by atoms with van der Waals surface area (Å²) in [5.74, 6) is 0.598. The number of amides is 1. The number of carbonyl (C=O) groups excluding carboxylic acids is 1. The van der Waals surface area contributed by atoms with E-state index in [0.29, 0.717) is 5.56 Å². The molecule has 1 heterocycles. The van der Waals surface area contributed by atoms with E-state index in [1.54, 1.807) is 18.3 Å². The van der Waals surface area contributed by atoms with Crippen LogP contribution in [0.1, 0.15) is 43.1 Å². The fourth-order valence-corrected chi connectivity index (χ4v) is 2.72. The third kappa shape index (κ3) is 5.85. The maximum absolute atomic E-state index is 12.7. The van der Waals surface area contributed by atoms with Gasteiger partial charge >= 0.3 is 0 Å². The lowest BCUT2D eigenvalue weighted by Crippen LogP contribution is -2.19. The van der Waals surface area contributed by atoms with E-state index in [-0.39, 0.29) is 11.3 Å². The van der Waals surface area contributed by atoms with Crippen LogP contribution in [0.25, 0.3) is 0 Å². The van der Waals surface area contributed by atoms with E-state index in [1.807, 2.05) is 18.2 Å². The Balaban J connectivity index is 2.06. The summed E-state index contributed by atoms with van der Waals surface area (Å²) in [4.78, 5) is 19.1. The van der Waals surface area contributed by atoms with Gasteiger partial charge in [-0.15, -0.1) is 0 Å². The maximum Gasteiger partial charge on any atom is 0.255 e. The van der Waals surface area contributed by atoms with E-state index in [0.717, 1.165) is 36.6 Å². The van der Waals surface area contributed by atoms with Gasteiger partial charge in [0.05, 0.1) is 0 Å². The number of hydrogen-bond donors (Lipinski definition) is 2. The van der Waals surface area contributed by atoms with Gasteiger partial charge in [-0.1, -0.05) is 39.0 Å². The molecule has 0 atom stereocenters. The molecule has 5 nitrogen and oxygen atoms in total. The number of nitrogens with one attached hydrogen (secondary N) is 2. The van der Waals surface area contributed by atoms with Gasteiger partial charge in [0.1, 0.15) is 5.82 Å². The minimum Gasteiger partial charge on any atom is -0.370 e. The van der Waals surface area contributed by atoms with Crippen LogP contribution < -0.4 is 10.6 Å². The topological polar surface area (TPSA) is 57.3 Å². The SMILES string of the molecule is CN(C)CCCNc1cc(C(=O)Nc2ccccc2C(C)(C)C)ccn1. The summed E-state index contributed by atoms with van der Waals surface area (Å²) in [5, 5.41) is 6.32. The molecule has 0 aliphatic heterocycles. The molecular formula is C21H30N4O. The molecule has 0 radical (unpaired) electrons. The van der Waals surface area contributed by atoms with Crippen molar-refractivity contribution in [3.63, 3.8) is 0 Å². The predicted molar refractivity (Wildman–Crippen MR) is 109 cm³/mol. The summed E-state index contributed by atoms with van der Waals surface area (Å²) >= 11 is 0. The lowest BCUT2D eigenvalue weighted by molar-refractivity contribution is 0.102. The number of hydrogen-bond acceptors (Lipinski definition) is 4. The highest BCUT2D eigenvalue weighted by molar-refractivity contribution is 6.05. The van der Waals surface area contributed by atoms with E-state index in [2.05, 4.69) is 61.5 Å². The zero-order chi connectivity index (χ0) is 19.2. The van der Waals surface area contributed by atoms with Crippen molar-refractivity contribution < 1.29 is 4.79 Å².